The number of hydrogen-bond donors (Lipinski definition) is 1. The Hall–Kier alpha value is -1.62. The second-order valence-electron chi connectivity index (χ2n) is 2.66. The third kappa shape index (κ3) is 3.86. The van der Waals surface area contributed by atoms with Crippen LogP contribution in [0.15, 0.2) is 18.2 Å². The van der Waals surface area contributed by atoms with Gasteiger partial charge in [0.25, 0.3) is 0 Å². The first-order valence-corrected chi connectivity index (χ1v) is 3.87. The third-order valence-electron chi connectivity index (χ3n) is 1.33. The SMILES string of the molecule is COC.Cc1ccc(O)c([N+](=O)[O-])c1. The highest BCUT2D eigenvalue weighted by Gasteiger charge is 2.11. The lowest BCUT2D eigenvalue weighted by molar-refractivity contribution is -0.385. The molecule has 0 spiro atoms. The van der Waals surface area contributed by atoms with Gasteiger partial charge in [0, 0.05) is 20.3 Å². The van der Waals surface area contributed by atoms with Gasteiger partial charge in [-0.1, -0.05) is 6.07 Å². The van der Waals surface area contributed by atoms with Crippen molar-refractivity contribution in [3.05, 3.63) is 33.9 Å². The number of aryl methyl sites for hydroxylation is 1. The van der Waals surface area contributed by atoms with Gasteiger partial charge in [-0.25, -0.2) is 0 Å². The zero-order valence-electron chi connectivity index (χ0n) is 8.35. The molecule has 0 radical (unpaired) electrons. The molecule has 0 heterocycles. The molecule has 1 N–H and O–H groups in total. The number of nitrogens with zero attached hydrogens (tertiary/aromatic N) is 1. The Kier molecular flexibility index (Phi) is 5.24. The predicted molar refractivity (Wildman–Crippen MR) is 52.4 cm³/mol. The fourth-order valence-electron chi connectivity index (χ4n) is 0.780. The molecule has 0 atom stereocenters. The summed E-state index contributed by atoms with van der Waals surface area (Å²) in [6.07, 6.45) is 0. The van der Waals surface area contributed by atoms with Crippen LogP contribution in [0.4, 0.5) is 5.69 Å². The number of aromatic hydroxyl groups is 1. The molecular weight excluding hydrogens is 186 g/mol. The van der Waals surface area contributed by atoms with Crippen LogP contribution in [0.5, 0.6) is 5.75 Å². The molecule has 0 unspecified atom stereocenters. The summed E-state index contributed by atoms with van der Waals surface area (Å²) in [4.78, 5) is 9.61. The number of ether oxygens (including phenoxy) is 1. The molecule has 0 bridgehead atoms. The van der Waals surface area contributed by atoms with E-state index in [0.29, 0.717) is 0 Å². The highest BCUT2D eigenvalue weighted by molar-refractivity contribution is 5.47. The van der Waals surface area contributed by atoms with Crippen LogP contribution in [0.2, 0.25) is 0 Å². The highest BCUT2D eigenvalue weighted by Crippen LogP contribution is 2.25. The van der Waals surface area contributed by atoms with Gasteiger partial charge in [-0.2, -0.15) is 0 Å². The molecule has 0 saturated heterocycles. The molecule has 0 fully saturated rings. The van der Waals surface area contributed by atoms with Gasteiger partial charge in [-0.3, -0.25) is 10.1 Å². The number of phenolic OH excluding ortho intramolecular Hbond substituents is 1. The molecule has 1 aromatic rings. The summed E-state index contributed by atoms with van der Waals surface area (Å²) >= 11 is 0. The van der Waals surface area contributed by atoms with Crippen molar-refractivity contribution in [2.24, 2.45) is 0 Å². The van der Waals surface area contributed by atoms with E-state index >= 15 is 0 Å². The van der Waals surface area contributed by atoms with Crippen molar-refractivity contribution in [3.63, 3.8) is 0 Å². The molecule has 0 aliphatic heterocycles. The molecule has 0 aliphatic rings. The first kappa shape index (κ1) is 12.4. The number of benzene rings is 1. The molecule has 5 heteroatoms. The van der Waals surface area contributed by atoms with E-state index in [9.17, 15) is 10.1 Å². The molecule has 0 aromatic heterocycles. The fourth-order valence-corrected chi connectivity index (χ4v) is 0.780. The van der Waals surface area contributed by atoms with E-state index in [1.54, 1.807) is 27.2 Å². The maximum absolute atomic E-state index is 10.2. The molecule has 1 aromatic carbocycles. The number of nitro groups is 1. The van der Waals surface area contributed by atoms with E-state index in [1.807, 2.05) is 0 Å². The van der Waals surface area contributed by atoms with Gasteiger partial charge in [0.15, 0.2) is 5.75 Å². The zero-order chi connectivity index (χ0) is 11.1. The summed E-state index contributed by atoms with van der Waals surface area (Å²) in [5.41, 5.74) is 0.513. The highest BCUT2D eigenvalue weighted by atomic mass is 16.6. The first-order chi connectivity index (χ1) is 6.52. The minimum absolute atomic E-state index is 0.245. The van der Waals surface area contributed by atoms with Crippen LogP contribution in [0, 0.1) is 17.0 Å². The molecule has 14 heavy (non-hydrogen) atoms. The average Bonchev–Trinajstić information content (AvgIpc) is 2.10. The maximum atomic E-state index is 10.2. The monoisotopic (exact) mass is 199 g/mol. The number of phenols is 1. The van der Waals surface area contributed by atoms with E-state index in [1.165, 1.54) is 12.1 Å². The lowest BCUT2D eigenvalue weighted by Gasteiger charge is -1.95. The van der Waals surface area contributed by atoms with Gasteiger partial charge in [0.1, 0.15) is 0 Å². The van der Waals surface area contributed by atoms with E-state index in [0.717, 1.165) is 5.56 Å². The number of methoxy groups -OCH3 is 1. The zero-order valence-corrected chi connectivity index (χ0v) is 8.35. The Morgan fingerprint density at radius 3 is 2.29 bits per heavy atom. The molecule has 78 valence electrons. The van der Waals surface area contributed by atoms with Crippen molar-refractivity contribution in [2.75, 3.05) is 14.2 Å². The summed E-state index contributed by atoms with van der Waals surface area (Å²) < 4.78 is 4.25. The fraction of sp³-hybridized carbons (Fsp3) is 0.333. The number of hydrogen-bond acceptors (Lipinski definition) is 4. The van der Waals surface area contributed by atoms with Crippen LogP contribution in [-0.2, 0) is 4.74 Å². The van der Waals surface area contributed by atoms with Crippen LogP contribution >= 0.6 is 0 Å². The van der Waals surface area contributed by atoms with Crippen LogP contribution in [0.1, 0.15) is 5.56 Å². The van der Waals surface area contributed by atoms with Crippen molar-refractivity contribution < 1.29 is 14.8 Å². The van der Waals surface area contributed by atoms with E-state index in [4.69, 9.17) is 5.11 Å². The van der Waals surface area contributed by atoms with Gasteiger partial charge < -0.3 is 9.84 Å². The molecular formula is C9H13NO4. The molecule has 5 nitrogen and oxygen atoms in total. The lowest BCUT2D eigenvalue weighted by Crippen LogP contribution is -1.88. The van der Waals surface area contributed by atoms with Crippen molar-refractivity contribution in [1.29, 1.82) is 0 Å². The third-order valence-corrected chi connectivity index (χ3v) is 1.33. The van der Waals surface area contributed by atoms with E-state index < -0.39 is 4.92 Å². The summed E-state index contributed by atoms with van der Waals surface area (Å²) in [7, 11) is 3.25. The molecule has 0 amide bonds. The summed E-state index contributed by atoms with van der Waals surface area (Å²) in [5.74, 6) is -0.291. The van der Waals surface area contributed by atoms with Crippen molar-refractivity contribution in [3.8, 4) is 5.75 Å². The van der Waals surface area contributed by atoms with E-state index in [2.05, 4.69) is 4.74 Å². The van der Waals surface area contributed by atoms with Gasteiger partial charge >= 0.3 is 5.69 Å². The van der Waals surface area contributed by atoms with Crippen LogP contribution < -0.4 is 0 Å². The Balaban J connectivity index is 0.000000500. The topological polar surface area (TPSA) is 72.6 Å². The Bertz CT molecular complexity index is 312. The maximum Gasteiger partial charge on any atom is 0.310 e. The van der Waals surface area contributed by atoms with Gasteiger partial charge in [0.2, 0.25) is 0 Å². The van der Waals surface area contributed by atoms with Gasteiger partial charge in [-0.15, -0.1) is 0 Å². The largest absolute Gasteiger partial charge is 0.502 e. The molecule has 1 rings (SSSR count). The Labute approximate surface area is 82.1 Å². The van der Waals surface area contributed by atoms with Gasteiger partial charge in [-0.05, 0) is 18.6 Å². The quantitative estimate of drug-likeness (QED) is 0.553. The van der Waals surface area contributed by atoms with Crippen LogP contribution in [-0.4, -0.2) is 24.2 Å². The number of nitro benzene ring substituents is 1. The van der Waals surface area contributed by atoms with E-state index in [-0.39, 0.29) is 11.4 Å². The van der Waals surface area contributed by atoms with Crippen molar-refractivity contribution >= 4 is 5.69 Å². The number of rotatable bonds is 1. The van der Waals surface area contributed by atoms with Crippen LogP contribution in [0.25, 0.3) is 0 Å². The van der Waals surface area contributed by atoms with Crippen LogP contribution in [0.3, 0.4) is 0 Å². The minimum Gasteiger partial charge on any atom is -0.502 e. The normalized spacial score (nSPS) is 8.79. The van der Waals surface area contributed by atoms with Gasteiger partial charge in [0.05, 0.1) is 4.92 Å². The second-order valence-corrected chi connectivity index (χ2v) is 2.66. The minimum atomic E-state index is -0.609. The standard InChI is InChI=1S/C7H7NO3.C2H6O/c1-5-2-3-7(9)6(4-5)8(10)11;1-3-2/h2-4,9H,1H3;1-2H3. The Morgan fingerprint density at radius 1 is 1.43 bits per heavy atom. The predicted octanol–water partition coefficient (Wildman–Crippen LogP) is 1.87. The first-order valence-electron chi connectivity index (χ1n) is 3.87. The van der Waals surface area contributed by atoms with Crippen molar-refractivity contribution in [2.45, 2.75) is 6.92 Å². The summed E-state index contributed by atoms with van der Waals surface area (Å²) in [6.45, 7) is 1.73. The smallest absolute Gasteiger partial charge is 0.310 e. The lowest BCUT2D eigenvalue weighted by atomic mass is 10.2. The second kappa shape index (κ2) is 5.93. The average molecular weight is 199 g/mol. The summed E-state index contributed by atoms with van der Waals surface area (Å²) in [5, 5.41) is 19.2. The Morgan fingerprint density at radius 2 is 1.93 bits per heavy atom. The summed E-state index contributed by atoms with van der Waals surface area (Å²) in [6, 6.07) is 4.26. The molecule has 0 saturated carbocycles. The molecule has 0 aliphatic carbocycles. The van der Waals surface area contributed by atoms with Crippen molar-refractivity contribution in [1.82, 2.24) is 0 Å².